The van der Waals surface area contributed by atoms with Crippen LogP contribution in [0.4, 0.5) is 0 Å². The van der Waals surface area contributed by atoms with Gasteiger partial charge in [-0.1, -0.05) is 24.3 Å². The third-order valence-electron chi connectivity index (χ3n) is 2.37. The first-order chi connectivity index (χ1) is 8.12. The molecule has 1 rings (SSSR count). The van der Waals surface area contributed by atoms with E-state index in [1.54, 1.807) is 19.3 Å². The molecule has 0 fully saturated rings. The highest BCUT2D eigenvalue weighted by Gasteiger charge is 2.14. The lowest BCUT2D eigenvalue weighted by Gasteiger charge is -2.18. The Morgan fingerprint density at radius 1 is 1.53 bits per heavy atom. The maximum Gasteiger partial charge on any atom is 0.165 e. The van der Waals surface area contributed by atoms with Crippen molar-refractivity contribution in [3.63, 3.8) is 0 Å². The molecule has 0 radical (unpaired) electrons. The lowest BCUT2D eigenvalue weighted by atomic mass is 10.1. The summed E-state index contributed by atoms with van der Waals surface area (Å²) < 4.78 is 11.0. The monoisotopic (exact) mass is 255 g/mol. The molecule has 2 N–H and O–H groups in total. The van der Waals surface area contributed by atoms with Crippen LogP contribution in [0.25, 0.3) is 0 Å². The van der Waals surface area contributed by atoms with Crippen LogP contribution in [0.5, 0.6) is 11.5 Å². The van der Waals surface area contributed by atoms with Crippen LogP contribution in [-0.4, -0.2) is 19.8 Å². The van der Waals surface area contributed by atoms with Crippen molar-refractivity contribution in [2.45, 2.75) is 19.4 Å². The molecule has 0 aliphatic carbocycles. The van der Waals surface area contributed by atoms with Gasteiger partial charge >= 0.3 is 0 Å². The molecule has 0 aliphatic heterocycles. The van der Waals surface area contributed by atoms with E-state index in [0.29, 0.717) is 29.5 Å². The van der Waals surface area contributed by atoms with Gasteiger partial charge in [-0.25, -0.2) is 0 Å². The molecule has 0 amide bonds. The van der Waals surface area contributed by atoms with Crippen LogP contribution < -0.4 is 15.2 Å². The molecule has 0 aromatic heterocycles. The minimum atomic E-state index is -0.0957. The Morgan fingerprint density at radius 3 is 2.76 bits per heavy atom. The lowest BCUT2D eigenvalue weighted by molar-refractivity contribution is 0.252. The van der Waals surface area contributed by atoms with E-state index in [1.165, 1.54) is 0 Å². The summed E-state index contributed by atoms with van der Waals surface area (Å²) >= 11 is 6.01. The Kier molecular flexibility index (Phi) is 5.32. The van der Waals surface area contributed by atoms with Crippen molar-refractivity contribution in [2.75, 3.05) is 13.7 Å². The highest BCUT2D eigenvalue weighted by molar-refractivity contribution is 6.30. The molecule has 94 valence electrons. The first kappa shape index (κ1) is 13.9. The predicted molar refractivity (Wildman–Crippen MR) is 71.0 cm³/mol. The van der Waals surface area contributed by atoms with Crippen LogP contribution in [0.1, 0.15) is 12.5 Å². The SMILES string of the molecule is C=CC(C)Oc1c(CCN)cc(Cl)cc1OC. The van der Waals surface area contributed by atoms with Crippen LogP contribution >= 0.6 is 11.6 Å². The van der Waals surface area contributed by atoms with Gasteiger partial charge in [-0.2, -0.15) is 0 Å². The van der Waals surface area contributed by atoms with Crippen LogP contribution in [-0.2, 0) is 6.42 Å². The fraction of sp³-hybridized carbons (Fsp3) is 0.385. The molecule has 4 heteroatoms. The molecule has 1 atom stereocenters. The lowest BCUT2D eigenvalue weighted by Crippen LogP contribution is -2.12. The molecule has 1 aromatic rings. The zero-order valence-electron chi connectivity index (χ0n) is 10.2. The van der Waals surface area contributed by atoms with Crippen molar-refractivity contribution in [3.05, 3.63) is 35.4 Å². The number of ether oxygens (including phenoxy) is 2. The van der Waals surface area contributed by atoms with E-state index in [1.807, 2.05) is 13.0 Å². The molecule has 0 aliphatic rings. The molecule has 0 spiro atoms. The number of rotatable bonds is 6. The Hall–Kier alpha value is -1.19. The molecule has 0 saturated carbocycles. The molecule has 0 heterocycles. The number of benzene rings is 1. The van der Waals surface area contributed by atoms with Crippen LogP contribution in [0.3, 0.4) is 0 Å². The summed E-state index contributed by atoms with van der Waals surface area (Å²) in [4.78, 5) is 0. The molecule has 0 saturated heterocycles. The molecule has 3 nitrogen and oxygen atoms in total. The van der Waals surface area contributed by atoms with E-state index >= 15 is 0 Å². The minimum Gasteiger partial charge on any atom is -0.493 e. The number of hydrogen-bond donors (Lipinski definition) is 1. The van der Waals surface area contributed by atoms with E-state index < -0.39 is 0 Å². The summed E-state index contributed by atoms with van der Waals surface area (Å²) in [6.07, 6.45) is 2.32. The van der Waals surface area contributed by atoms with Gasteiger partial charge in [0.05, 0.1) is 7.11 Å². The van der Waals surface area contributed by atoms with E-state index in [4.69, 9.17) is 26.8 Å². The molecule has 17 heavy (non-hydrogen) atoms. The summed E-state index contributed by atoms with van der Waals surface area (Å²) in [5.74, 6) is 1.31. The van der Waals surface area contributed by atoms with Gasteiger partial charge in [-0.05, 0) is 26.0 Å². The highest BCUT2D eigenvalue weighted by atomic mass is 35.5. The van der Waals surface area contributed by atoms with E-state index in [-0.39, 0.29) is 6.10 Å². The smallest absolute Gasteiger partial charge is 0.165 e. The Labute approximate surface area is 107 Å². The highest BCUT2D eigenvalue weighted by Crippen LogP contribution is 2.35. The molecular weight excluding hydrogens is 238 g/mol. The van der Waals surface area contributed by atoms with E-state index in [9.17, 15) is 0 Å². The maximum atomic E-state index is 6.01. The van der Waals surface area contributed by atoms with Gasteiger partial charge in [0.1, 0.15) is 6.10 Å². The van der Waals surface area contributed by atoms with Crippen molar-refractivity contribution in [1.29, 1.82) is 0 Å². The second-order valence-corrected chi connectivity index (χ2v) is 4.13. The number of hydrogen-bond acceptors (Lipinski definition) is 3. The van der Waals surface area contributed by atoms with Crippen molar-refractivity contribution < 1.29 is 9.47 Å². The largest absolute Gasteiger partial charge is 0.493 e. The topological polar surface area (TPSA) is 44.5 Å². The summed E-state index contributed by atoms with van der Waals surface area (Å²) in [5, 5.41) is 0.615. The summed E-state index contributed by atoms with van der Waals surface area (Å²) in [5.41, 5.74) is 6.52. The quantitative estimate of drug-likeness (QED) is 0.795. The number of methoxy groups -OCH3 is 1. The van der Waals surface area contributed by atoms with Gasteiger partial charge in [0.2, 0.25) is 0 Å². The number of halogens is 1. The van der Waals surface area contributed by atoms with E-state index in [0.717, 1.165) is 5.56 Å². The third-order valence-corrected chi connectivity index (χ3v) is 2.58. The Morgan fingerprint density at radius 2 is 2.24 bits per heavy atom. The van der Waals surface area contributed by atoms with Gasteiger partial charge in [0.15, 0.2) is 11.5 Å². The van der Waals surface area contributed by atoms with Gasteiger partial charge < -0.3 is 15.2 Å². The zero-order chi connectivity index (χ0) is 12.8. The standard InChI is InChI=1S/C13H18ClNO2/c1-4-9(2)17-13-10(5-6-15)7-11(14)8-12(13)16-3/h4,7-9H,1,5-6,15H2,2-3H3. The second kappa shape index (κ2) is 6.52. The van der Waals surface area contributed by atoms with Crippen LogP contribution in [0, 0.1) is 0 Å². The fourth-order valence-corrected chi connectivity index (χ4v) is 1.71. The van der Waals surface area contributed by atoms with Gasteiger partial charge in [-0.3, -0.25) is 0 Å². The molecule has 0 bridgehead atoms. The average molecular weight is 256 g/mol. The van der Waals surface area contributed by atoms with E-state index in [2.05, 4.69) is 6.58 Å². The second-order valence-electron chi connectivity index (χ2n) is 3.69. The van der Waals surface area contributed by atoms with Crippen LogP contribution in [0.2, 0.25) is 5.02 Å². The molecular formula is C13H18ClNO2. The van der Waals surface area contributed by atoms with Gasteiger partial charge in [0.25, 0.3) is 0 Å². The summed E-state index contributed by atoms with van der Waals surface area (Å²) in [6, 6.07) is 3.58. The number of nitrogens with two attached hydrogens (primary N) is 1. The predicted octanol–water partition coefficient (Wildman–Crippen LogP) is 2.80. The van der Waals surface area contributed by atoms with Crippen molar-refractivity contribution >= 4 is 11.6 Å². The third kappa shape index (κ3) is 3.65. The average Bonchev–Trinajstić information content (AvgIpc) is 2.32. The normalized spacial score (nSPS) is 12.0. The fourth-order valence-electron chi connectivity index (χ4n) is 1.48. The zero-order valence-corrected chi connectivity index (χ0v) is 11.0. The van der Waals surface area contributed by atoms with Gasteiger partial charge in [-0.15, -0.1) is 0 Å². The van der Waals surface area contributed by atoms with Crippen LogP contribution in [0.15, 0.2) is 24.8 Å². The maximum absolute atomic E-state index is 6.01. The minimum absolute atomic E-state index is 0.0957. The molecule has 1 aromatic carbocycles. The summed E-state index contributed by atoms with van der Waals surface area (Å²) in [6.45, 7) is 6.13. The van der Waals surface area contributed by atoms with Crippen molar-refractivity contribution in [1.82, 2.24) is 0 Å². The first-order valence-corrected chi connectivity index (χ1v) is 5.85. The Bertz CT molecular complexity index is 393. The first-order valence-electron chi connectivity index (χ1n) is 5.48. The van der Waals surface area contributed by atoms with Crippen molar-refractivity contribution in [2.24, 2.45) is 5.73 Å². The summed E-state index contributed by atoms with van der Waals surface area (Å²) in [7, 11) is 1.59. The van der Waals surface area contributed by atoms with Gasteiger partial charge in [0, 0.05) is 16.7 Å². The Balaban J connectivity index is 3.15. The van der Waals surface area contributed by atoms with Crippen molar-refractivity contribution in [3.8, 4) is 11.5 Å². The molecule has 1 unspecified atom stereocenters.